The second kappa shape index (κ2) is 7.36. The minimum Gasteiger partial charge on any atom is -1.00 e. The first kappa shape index (κ1) is 15.8. The van der Waals surface area contributed by atoms with Crippen molar-refractivity contribution in [2.75, 3.05) is 0 Å². The van der Waals surface area contributed by atoms with Crippen molar-refractivity contribution in [3.63, 3.8) is 0 Å². The van der Waals surface area contributed by atoms with Crippen LogP contribution in [0.4, 0.5) is 0 Å². The topological polar surface area (TPSA) is 98.4 Å². The van der Waals surface area contributed by atoms with Gasteiger partial charge in [0.05, 0.1) is 0 Å². The first-order valence-electron chi connectivity index (χ1n) is 0.957. The molecule has 7 heteroatoms. The van der Waals surface area contributed by atoms with E-state index in [-0.39, 0.29) is 31.0 Å². The fourth-order valence-corrected chi connectivity index (χ4v) is 0. The van der Waals surface area contributed by atoms with Crippen LogP contribution in [-0.2, 0) is 10.4 Å². The van der Waals surface area contributed by atoms with Crippen LogP contribution < -0.4 is 29.6 Å². The van der Waals surface area contributed by atoms with Crippen molar-refractivity contribution in [1.29, 1.82) is 5.26 Å². The smallest absolute Gasteiger partial charge is 1.00 e. The summed E-state index contributed by atoms with van der Waals surface area (Å²) in [6, 6.07) is 0. The van der Waals surface area contributed by atoms with E-state index in [9.17, 15) is 0 Å². The van der Waals surface area contributed by atoms with Gasteiger partial charge >= 0.3 is 40.0 Å². The third-order valence-electron chi connectivity index (χ3n) is 0. The normalized spacial score (nSPS) is 7.50. The molecule has 2 N–H and O–H groups in total. The maximum Gasteiger partial charge on any atom is 1.00 e. The maximum atomic E-state index is 8.74. The van der Waals surface area contributed by atoms with Crippen LogP contribution in [0, 0.1) is 11.8 Å². The second-order valence-corrected chi connectivity index (χ2v) is 1.34. The van der Waals surface area contributed by atoms with Gasteiger partial charge in [-0.05, 0) is 0 Å². The Kier molecular flexibility index (Phi) is 14.5. The maximum absolute atomic E-state index is 8.74. The zero-order valence-electron chi connectivity index (χ0n) is 5.14. The Morgan fingerprint density at radius 1 is 1.38 bits per heavy atom. The molecule has 8 heavy (non-hydrogen) atoms. The van der Waals surface area contributed by atoms with Gasteiger partial charge < -0.3 is 1.43 Å². The van der Waals surface area contributed by atoms with E-state index in [1.807, 2.05) is 0 Å². The van der Waals surface area contributed by atoms with Crippen LogP contribution in [0.25, 0.3) is 0 Å². The number of hydrogen-bond acceptors (Lipinski definition) is 3. The second-order valence-electron chi connectivity index (χ2n) is 0.448. The monoisotopic (exact) mass is 149 g/mol. The van der Waals surface area contributed by atoms with Crippen LogP contribution in [0.1, 0.15) is 1.43 Å². The van der Waals surface area contributed by atoms with Gasteiger partial charge in [0.1, 0.15) is 0 Å². The summed E-state index contributed by atoms with van der Waals surface area (Å²) in [7, 11) is -4.67. The van der Waals surface area contributed by atoms with Crippen molar-refractivity contribution in [3.05, 3.63) is 0 Å². The van der Waals surface area contributed by atoms with Crippen LogP contribution in [-0.4, -0.2) is 17.5 Å². The minimum atomic E-state index is -4.67. The van der Waals surface area contributed by atoms with E-state index in [0.29, 0.717) is 0 Å². The Hall–Kier alpha value is 0.360. The molecule has 0 heterocycles. The summed E-state index contributed by atoms with van der Waals surface area (Å²) in [5, 5.41) is 6.50. The molecular weight excluding hydrogens is 145 g/mol. The van der Waals surface area contributed by atoms with E-state index in [1.54, 1.807) is 0 Å². The van der Waals surface area contributed by atoms with Gasteiger partial charge in [0, 0.05) is 6.57 Å². The molecule has 0 saturated heterocycles. The summed E-state index contributed by atoms with van der Waals surface area (Å²) < 4.78 is 31.6. The molecule has 0 aromatic carbocycles. The van der Waals surface area contributed by atoms with Crippen LogP contribution in [0.2, 0.25) is 0 Å². The Morgan fingerprint density at radius 2 is 1.38 bits per heavy atom. The molecule has 44 valence electrons. The summed E-state index contributed by atoms with van der Waals surface area (Å²) in [4.78, 5) is 0. The summed E-state index contributed by atoms with van der Waals surface area (Å²) in [5.41, 5.74) is 0. The summed E-state index contributed by atoms with van der Waals surface area (Å²) in [6.45, 7) is 3.50. The standard InChI is InChI=1S/CHN.Na.H2O4S.H/c1-2;;1-5(2,3)4;/h1H;;(H2,1,2,3,4);/q;+1;;-1. The average molecular weight is 149 g/mol. The summed E-state index contributed by atoms with van der Waals surface area (Å²) in [5.74, 6) is 0. The largest absolute Gasteiger partial charge is 1.00 e. The molecule has 0 fully saturated rings. The van der Waals surface area contributed by atoms with Gasteiger partial charge in [0.25, 0.3) is 0 Å². The SMILES string of the molecule is C#N.O=S(=O)(O)O.[H-].[Na+]. The molecule has 0 spiro atoms. The van der Waals surface area contributed by atoms with Crippen LogP contribution in [0.3, 0.4) is 0 Å². The molecular formula is CH4NNaO4S. The first-order chi connectivity index (χ1) is 3.00. The van der Waals surface area contributed by atoms with E-state index >= 15 is 0 Å². The molecule has 0 aliphatic heterocycles. The predicted octanol–water partition coefficient (Wildman–Crippen LogP) is -3.40. The molecule has 0 unspecified atom stereocenters. The van der Waals surface area contributed by atoms with Crippen molar-refractivity contribution >= 4 is 10.4 Å². The first-order valence-corrected chi connectivity index (χ1v) is 2.35. The zero-order valence-corrected chi connectivity index (χ0v) is 6.96. The minimum absolute atomic E-state index is 0. The summed E-state index contributed by atoms with van der Waals surface area (Å²) in [6.07, 6.45) is 0. The molecule has 0 rings (SSSR count). The molecule has 0 aromatic rings. The van der Waals surface area contributed by atoms with Crippen molar-refractivity contribution in [1.82, 2.24) is 0 Å². The van der Waals surface area contributed by atoms with Crippen LogP contribution in [0.5, 0.6) is 0 Å². The molecule has 0 atom stereocenters. The average Bonchev–Trinajstić information content (AvgIpc) is 1.36. The van der Waals surface area contributed by atoms with Crippen molar-refractivity contribution < 1.29 is 48.5 Å². The van der Waals surface area contributed by atoms with Crippen molar-refractivity contribution in [3.8, 4) is 6.57 Å². The van der Waals surface area contributed by atoms with Gasteiger partial charge in [0.2, 0.25) is 0 Å². The Morgan fingerprint density at radius 3 is 1.38 bits per heavy atom. The fourth-order valence-electron chi connectivity index (χ4n) is 0. The Labute approximate surface area is 70.7 Å². The van der Waals surface area contributed by atoms with Gasteiger partial charge in [-0.2, -0.15) is 8.42 Å². The molecule has 0 amide bonds. The van der Waals surface area contributed by atoms with E-state index in [2.05, 4.69) is 6.57 Å². The van der Waals surface area contributed by atoms with Gasteiger partial charge in [-0.25, -0.2) is 5.26 Å². The quantitative estimate of drug-likeness (QED) is 0.276. The number of nitriles is 1. The van der Waals surface area contributed by atoms with E-state index in [4.69, 9.17) is 22.8 Å². The third kappa shape index (κ3) is 1410. The molecule has 0 aromatic heterocycles. The molecule has 0 aliphatic carbocycles. The third-order valence-corrected chi connectivity index (χ3v) is 0. The van der Waals surface area contributed by atoms with Gasteiger partial charge in [-0.1, -0.05) is 0 Å². The van der Waals surface area contributed by atoms with Gasteiger partial charge in [-0.15, -0.1) is 0 Å². The molecule has 5 nitrogen and oxygen atoms in total. The molecule has 0 radical (unpaired) electrons. The molecule has 0 bridgehead atoms. The van der Waals surface area contributed by atoms with Crippen LogP contribution >= 0.6 is 0 Å². The zero-order chi connectivity index (χ0) is 6.50. The molecule has 0 aliphatic rings. The fraction of sp³-hybridized carbons (Fsp3) is 0. The van der Waals surface area contributed by atoms with E-state index in [0.717, 1.165) is 0 Å². The van der Waals surface area contributed by atoms with Crippen LogP contribution in [0.15, 0.2) is 0 Å². The van der Waals surface area contributed by atoms with Gasteiger partial charge in [0.15, 0.2) is 0 Å². The summed E-state index contributed by atoms with van der Waals surface area (Å²) >= 11 is 0. The number of rotatable bonds is 0. The number of hydrogen-bond donors (Lipinski definition) is 2. The van der Waals surface area contributed by atoms with E-state index in [1.165, 1.54) is 0 Å². The van der Waals surface area contributed by atoms with E-state index < -0.39 is 10.4 Å². The Balaban J connectivity index is -0.0000000286. The van der Waals surface area contributed by atoms with Crippen molar-refractivity contribution in [2.45, 2.75) is 0 Å². The van der Waals surface area contributed by atoms with Crippen molar-refractivity contribution in [2.24, 2.45) is 0 Å². The Bertz CT molecular complexity index is 132. The van der Waals surface area contributed by atoms with Gasteiger partial charge in [-0.3, -0.25) is 9.11 Å². The molecule has 0 saturated carbocycles. The number of nitrogens with zero attached hydrogens (tertiary/aromatic N) is 1. The predicted molar refractivity (Wildman–Crippen MR) is 22.0 cm³/mol.